The lowest BCUT2D eigenvalue weighted by molar-refractivity contribution is -0.755. The molecule has 2 heterocycles. The van der Waals surface area contributed by atoms with Crippen LogP contribution in [0.15, 0.2) is 67.4 Å². The van der Waals surface area contributed by atoms with E-state index in [4.69, 9.17) is 0 Å². The second-order valence-corrected chi connectivity index (χ2v) is 8.77. The highest BCUT2D eigenvalue weighted by Gasteiger charge is 2.57. The van der Waals surface area contributed by atoms with E-state index in [0.29, 0.717) is 0 Å². The fourth-order valence-electron chi connectivity index (χ4n) is 5.66. The summed E-state index contributed by atoms with van der Waals surface area (Å²) in [6.07, 6.45) is 10.3. The first kappa shape index (κ1) is 19.9. The molecule has 0 aliphatic carbocycles. The van der Waals surface area contributed by atoms with Crippen molar-refractivity contribution in [2.24, 2.45) is 0 Å². The molecule has 3 aromatic rings. The van der Waals surface area contributed by atoms with E-state index in [9.17, 15) is 0 Å². The molecule has 0 saturated heterocycles. The van der Waals surface area contributed by atoms with E-state index in [1.807, 2.05) is 0 Å². The summed E-state index contributed by atoms with van der Waals surface area (Å²) in [4.78, 5) is 0. The van der Waals surface area contributed by atoms with Crippen molar-refractivity contribution < 1.29 is 4.57 Å². The average molecular weight is 385 g/mol. The first-order valence-corrected chi connectivity index (χ1v) is 11.3. The van der Waals surface area contributed by atoms with Crippen molar-refractivity contribution in [2.45, 2.75) is 70.8 Å². The Morgan fingerprint density at radius 1 is 1.00 bits per heavy atom. The summed E-state index contributed by atoms with van der Waals surface area (Å²) >= 11 is 0. The van der Waals surface area contributed by atoms with E-state index in [1.54, 1.807) is 0 Å². The summed E-state index contributed by atoms with van der Waals surface area (Å²) in [6.45, 7) is 13.7. The van der Waals surface area contributed by atoms with Crippen LogP contribution < -0.4 is 4.57 Å². The number of pyridine rings is 1. The van der Waals surface area contributed by atoms with Crippen LogP contribution >= 0.6 is 0 Å². The van der Waals surface area contributed by atoms with E-state index in [0.717, 1.165) is 19.3 Å². The molecule has 2 unspecified atom stereocenters. The molecule has 29 heavy (non-hydrogen) atoms. The molecule has 1 heteroatoms. The third kappa shape index (κ3) is 2.70. The Labute approximate surface area is 176 Å². The highest BCUT2D eigenvalue weighted by Crippen LogP contribution is 2.51. The third-order valence-electron chi connectivity index (χ3n) is 7.58. The van der Waals surface area contributed by atoms with Gasteiger partial charge in [-0.1, -0.05) is 64.1 Å². The van der Waals surface area contributed by atoms with Crippen molar-refractivity contribution in [2.75, 3.05) is 0 Å². The number of allylic oxidation sites excluding steroid dienone is 1. The summed E-state index contributed by atoms with van der Waals surface area (Å²) in [5.41, 5.74) is 5.47. The van der Waals surface area contributed by atoms with E-state index < -0.39 is 0 Å². The number of hydrogen-bond donors (Lipinski definition) is 0. The van der Waals surface area contributed by atoms with Gasteiger partial charge in [0.2, 0.25) is 5.69 Å². The van der Waals surface area contributed by atoms with Gasteiger partial charge in [0.1, 0.15) is 0 Å². The normalized spacial score (nSPS) is 22.9. The third-order valence-corrected chi connectivity index (χ3v) is 7.58. The summed E-state index contributed by atoms with van der Waals surface area (Å²) in [5.74, 6) is 0. The molecule has 0 spiro atoms. The molecule has 1 aliphatic heterocycles. The molecule has 2 aromatic carbocycles. The lowest BCUT2D eigenvalue weighted by Crippen LogP contribution is -2.68. The van der Waals surface area contributed by atoms with Crippen molar-refractivity contribution in [3.05, 3.63) is 78.5 Å². The Morgan fingerprint density at radius 2 is 1.79 bits per heavy atom. The molecule has 4 rings (SSSR count). The number of benzene rings is 2. The molecular weight excluding hydrogens is 350 g/mol. The zero-order valence-electron chi connectivity index (χ0n) is 18.5. The van der Waals surface area contributed by atoms with Crippen LogP contribution in [0, 0.1) is 0 Å². The number of unbranched alkanes of at least 4 members (excludes halogenated alkanes) is 1. The fourth-order valence-corrected chi connectivity index (χ4v) is 5.66. The van der Waals surface area contributed by atoms with Crippen molar-refractivity contribution in [1.29, 1.82) is 0 Å². The predicted octanol–water partition coefficient (Wildman–Crippen LogP) is 7.11. The van der Waals surface area contributed by atoms with Gasteiger partial charge in [0, 0.05) is 12.5 Å². The minimum absolute atomic E-state index is 0.00645. The van der Waals surface area contributed by atoms with E-state index >= 15 is 0 Å². The summed E-state index contributed by atoms with van der Waals surface area (Å²) in [6, 6.07) is 18.4. The van der Waals surface area contributed by atoms with Crippen LogP contribution in [0.2, 0.25) is 0 Å². The van der Waals surface area contributed by atoms with Gasteiger partial charge < -0.3 is 0 Å². The van der Waals surface area contributed by atoms with Crippen LogP contribution in [0.4, 0.5) is 0 Å². The number of hydrogen-bond acceptors (Lipinski definition) is 0. The molecule has 0 amide bonds. The predicted molar refractivity (Wildman–Crippen MR) is 124 cm³/mol. The van der Waals surface area contributed by atoms with Crippen molar-refractivity contribution in [3.63, 3.8) is 0 Å². The maximum absolute atomic E-state index is 4.35. The number of aryl methyl sites for hydroxylation is 1. The molecule has 0 fully saturated rings. The van der Waals surface area contributed by atoms with E-state index in [1.165, 1.54) is 46.0 Å². The van der Waals surface area contributed by atoms with Crippen LogP contribution in [0.5, 0.6) is 0 Å². The maximum Gasteiger partial charge on any atom is 0.221 e. The molecular formula is C28H34N+. The number of aromatic nitrogens is 1. The molecule has 0 N–H and O–H groups in total. The van der Waals surface area contributed by atoms with Gasteiger partial charge >= 0.3 is 0 Å². The zero-order chi connectivity index (χ0) is 20.6. The molecule has 1 aromatic heterocycles. The topological polar surface area (TPSA) is 3.88 Å². The summed E-state index contributed by atoms with van der Waals surface area (Å²) in [7, 11) is 0. The molecule has 0 saturated carbocycles. The monoisotopic (exact) mass is 384 g/mol. The lowest BCUT2D eigenvalue weighted by Gasteiger charge is -2.46. The number of rotatable bonds is 6. The molecule has 1 aliphatic rings. The van der Waals surface area contributed by atoms with Crippen LogP contribution in [0.25, 0.3) is 22.0 Å². The van der Waals surface area contributed by atoms with Gasteiger partial charge in [-0.25, -0.2) is 0 Å². The van der Waals surface area contributed by atoms with Gasteiger partial charge in [-0.2, -0.15) is 4.57 Å². The van der Waals surface area contributed by atoms with Crippen molar-refractivity contribution in [1.82, 2.24) is 0 Å². The zero-order valence-corrected chi connectivity index (χ0v) is 18.5. The summed E-state index contributed by atoms with van der Waals surface area (Å²) in [5, 5.41) is 2.69. The van der Waals surface area contributed by atoms with Crippen LogP contribution in [-0.2, 0) is 17.4 Å². The highest BCUT2D eigenvalue weighted by atomic mass is 15.1. The second kappa shape index (κ2) is 7.44. The van der Waals surface area contributed by atoms with Gasteiger partial charge in [-0.05, 0) is 60.9 Å². The van der Waals surface area contributed by atoms with E-state index in [-0.39, 0.29) is 11.0 Å². The Hall–Kier alpha value is -2.41. The lowest BCUT2D eigenvalue weighted by atomic mass is 9.59. The highest BCUT2D eigenvalue weighted by molar-refractivity contribution is 5.94. The average Bonchev–Trinajstić information content (AvgIpc) is 2.77. The quantitative estimate of drug-likeness (QED) is 0.315. The Morgan fingerprint density at radius 3 is 2.48 bits per heavy atom. The van der Waals surface area contributed by atoms with Crippen LogP contribution in [0.3, 0.4) is 0 Å². The number of nitrogens with zero attached hydrogens (tertiary/aromatic N) is 1. The van der Waals surface area contributed by atoms with Gasteiger partial charge in [0.05, 0.1) is 16.4 Å². The Bertz CT molecular complexity index is 1060. The fraction of sp³-hybridized carbons (Fsp3) is 0.393. The number of fused-ring (bicyclic) bond motifs is 5. The van der Waals surface area contributed by atoms with E-state index in [2.05, 4.69) is 99.6 Å². The molecule has 1 nitrogen and oxygen atoms in total. The molecule has 0 bridgehead atoms. The van der Waals surface area contributed by atoms with Gasteiger partial charge in [0.25, 0.3) is 0 Å². The van der Waals surface area contributed by atoms with Crippen LogP contribution in [0.1, 0.15) is 64.5 Å². The first-order chi connectivity index (χ1) is 14.1. The van der Waals surface area contributed by atoms with Crippen LogP contribution in [-0.4, -0.2) is 0 Å². The second-order valence-electron chi connectivity index (χ2n) is 8.77. The van der Waals surface area contributed by atoms with Gasteiger partial charge in [-0.3, -0.25) is 0 Å². The Balaban J connectivity index is 2.07. The minimum Gasteiger partial charge on any atom is -0.188 e. The van der Waals surface area contributed by atoms with Crippen molar-refractivity contribution >= 4 is 10.8 Å². The van der Waals surface area contributed by atoms with Gasteiger partial charge in [-0.15, -0.1) is 0 Å². The Kier molecular flexibility index (Phi) is 5.11. The SMILES string of the molecule is C=CC1(CC)[n+]2ccc3cc(CCCC)ccc3c2-c2ccccc2C1(C)CC. The minimum atomic E-state index is -0.138. The molecule has 150 valence electrons. The van der Waals surface area contributed by atoms with Crippen molar-refractivity contribution in [3.8, 4) is 11.3 Å². The largest absolute Gasteiger partial charge is 0.221 e. The van der Waals surface area contributed by atoms with Gasteiger partial charge in [0.15, 0.2) is 11.7 Å². The molecule has 0 radical (unpaired) electrons. The first-order valence-electron chi connectivity index (χ1n) is 11.3. The smallest absolute Gasteiger partial charge is 0.188 e. The standard InChI is InChI=1S/C28H34N/c1-6-10-13-21-16-17-23-22(20-21)18-19-29-26(23)24-14-11-12-15-25(24)27(5,7-2)28(29,8-3)9-4/h8,11-12,14-20H,3,6-7,9-10,13H2,1-2,4-5H3/q+1. The maximum atomic E-state index is 4.35. The molecule has 2 atom stereocenters. The summed E-state index contributed by atoms with van der Waals surface area (Å²) < 4.78 is 2.53.